The largest absolute Gasteiger partial charge is 0.376 e. The van der Waals surface area contributed by atoms with E-state index in [0.29, 0.717) is 23.5 Å². The molecule has 2 heterocycles. The quantitative estimate of drug-likeness (QED) is 0.709. The van der Waals surface area contributed by atoms with E-state index < -0.39 is 0 Å². The minimum atomic E-state index is -0.261. The van der Waals surface area contributed by atoms with E-state index >= 15 is 0 Å². The highest BCUT2D eigenvalue weighted by atomic mass is 32.1. The van der Waals surface area contributed by atoms with Crippen LogP contribution in [0, 0.1) is 0 Å². The van der Waals surface area contributed by atoms with Crippen molar-refractivity contribution in [1.82, 2.24) is 9.69 Å². The van der Waals surface area contributed by atoms with Crippen LogP contribution in [0.4, 0.5) is 5.69 Å². The second-order valence-corrected chi connectivity index (χ2v) is 7.21. The third kappa shape index (κ3) is 3.99. The molecule has 1 fully saturated rings. The van der Waals surface area contributed by atoms with Gasteiger partial charge in [-0.05, 0) is 54.7 Å². The molecule has 2 amide bonds. The zero-order valence-electron chi connectivity index (χ0n) is 14.6. The maximum atomic E-state index is 12.5. The van der Waals surface area contributed by atoms with Crippen molar-refractivity contribution in [1.29, 1.82) is 0 Å². The maximum Gasteiger partial charge on any atom is 0.276 e. The van der Waals surface area contributed by atoms with Crippen molar-refractivity contribution >= 4 is 39.1 Å². The first-order valence-electron chi connectivity index (χ1n) is 8.86. The molecule has 3 aromatic rings. The Bertz CT molecular complexity index is 962. The van der Waals surface area contributed by atoms with Gasteiger partial charge in [0.05, 0.1) is 10.8 Å². The number of benzene rings is 2. The molecule has 0 aliphatic carbocycles. The zero-order valence-corrected chi connectivity index (χ0v) is 15.4. The highest BCUT2D eigenvalue weighted by Gasteiger charge is 2.17. The van der Waals surface area contributed by atoms with Crippen LogP contribution in [0.25, 0.3) is 10.1 Å². The van der Waals surface area contributed by atoms with E-state index in [-0.39, 0.29) is 17.9 Å². The van der Waals surface area contributed by atoms with E-state index in [1.165, 1.54) is 11.5 Å². The van der Waals surface area contributed by atoms with Crippen LogP contribution in [0.1, 0.15) is 33.7 Å². The number of ether oxygens (including phenoxy) is 1. The first-order chi connectivity index (χ1) is 13.2. The number of rotatable bonds is 5. The molecule has 4 rings (SSSR count). The maximum absolute atomic E-state index is 12.5. The molecular formula is C20H19N3O3S. The molecule has 2 N–H and O–H groups in total. The standard InChI is InChI=1S/C20H19N3O3S/c24-19(21-12-15-4-3-11-26-15)13-7-9-14(10-8-13)22-20(25)18-16-5-1-2-6-17(16)27-23-18/h1-2,5-10,15H,3-4,11-12H2,(H,21,24)(H,22,25)/t15-/m0/s1. The summed E-state index contributed by atoms with van der Waals surface area (Å²) in [5.74, 6) is -0.406. The normalized spacial score (nSPS) is 16.4. The lowest BCUT2D eigenvalue weighted by atomic mass is 10.1. The molecule has 6 nitrogen and oxygen atoms in total. The molecule has 0 unspecified atom stereocenters. The average Bonchev–Trinajstić information content (AvgIpc) is 3.36. The summed E-state index contributed by atoms with van der Waals surface area (Å²) in [7, 11) is 0. The van der Waals surface area contributed by atoms with Crippen LogP contribution in [-0.4, -0.2) is 35.4 Å². The average molecular weight is 381 g/mol. The number of hydrogen-bond donors (Lipinski definition) is 2. The fourth-order valence-corrected chi connectivity index (χ4v) is 3.83. The van der Waals surface area contributed by atoms with Gasteiger partial charge in [-0.2, -0.15) is 4.37 Å². The lowest BCUT2D eigenvalue weighted by Gasteiger charge is -2.11. The lowest BCUT2D eigenvalue weighted by molar-refractivity contribution is 0.0857. The Hall–Kier alpha value is -2.77. The number of aromatic nitrogens is 1. The molecule has 1 aliphatic heterocycles. The monoisotopic (exact) mass is 381 g/mol. The third-order valence-electron chi connectivity index (χ3n) is 4.51. The number of anilines is 1. The number of fused-ring (bicyclic) bond motifs is 1. The van der Waals surface area contributed by atoms with Crippen molar-refractivity contribution in [3.05, 3.63) is 59.8 Å². The molecule has 1 saturated heterocycles. The Morgan fingerprint density at radius 3 is 2.70 bits per heavy atom. The molecule has 0 bridgehead atoms. The van der Waals surface area contributed by atoms with Gasteiger partial charge in [-0.1, -0.05) is 18.2 Å². The molecule has 1 atom stereocenters. The van der Waals surface area contributed by atoms with E-state index in [1.54, 1.807) is 24.3 Å². The Kier molecular flexibility index (Phi) is 5.13. The second-order valence-electron chi connectivity index (χ2n) is 6.40. The van der Waals surface area contributed by atoms with Crippen LogP contribution in [0.15, 0.2) is 48.5 Å². The summed E-state index contributed by atoms with van der Waals surface area (Å²) in [5, 5.41) is 6.55. The van der Waals surface area contributed by atoms with E-state index in [2.05, 4.69) is 15.0 Å². The fourth-order valence-electron chi connectivity index (χ4n) is 3.06. The van der Waals surface area contributed by atoms with Crippen molar-refractivity contribution in [2.45, 2.75) is 18.9 Å². The van der Waals surface area contributed by atoms with Gasteiger partial charge in [-0.25, -0.2) is 0 Å². The van der Waals surface area contributed by atoms with Crippen molar-refractivity contribution in [2.24, 2.45) is 0 Å². The minimum absolute atomic E-state index is 0.112. The Balaban J connectivity index is 1.38. The number of nitrogens with zero attached hydrogens (tertiary/aromatic N) is 1. The summed E-state index contributed by atoms with van der Waals surface area (Å²) >= 11 is 1.30. The molecule has 2 aromatic carbocycles. The van der Waals surface area contributed by atoms with Crippen molar-refractivity contribution < 1.29 is 14.3 Å². The number of carbonyl (C=O) groups excluding carboxylic acids is 2. The highest BCUT2D eigenvalue weighted by Crippen LogP contribution is 2.23. The number of hydrogen-bond acceptors (Lipinski definition) is 5. The number of amides is 2. The van der Waals surface area contributed by atoms with Crippen molar-refractivity contribution in [3.63, 3.8) is 0 Å². The molecule has 1 aliphatic rings. The van der Waals surface area contributed by atoms with Crippen LogP contribution in [0.5, 0.6) is 0 Å². The van der Waals surface area contributed by atoms with E-state index in [4.69, 9.17) is 4.74 Å². The molecule has 0 saturated carbocycles. The van der Waals surface area contributed by atoms with E-state index in [1.807, 2.05) is 24.3 Å². The van der Waals surface area contributed by atoms with Gasteiger partial charge in [-0.15, -0.1) is 0 Å². The fraction of sp³-hybridized carbons (Fsp3) is 0.250. The van der Waals surface area contributed by atoms with Crippen molar-refractivity contribution in [2.75, 3.05) is 18.5 Å². The van der Waals surface area contributed by atoms with Gasteiger partial charge in [0.15, 0.2) is 0 Å². The van der Waals surface area contributed by atoms with Crippen LogP contribution < -0.4 is 10.6 Å². The molecule has 27 heavy (non-hydrogen) atoms. The smallest absolute Gasteiger partial charge is 0.276 e. The third-order valence-corrected chi connectivity index (χ3v) is 5.34. The molecule has 7 heteroatoms. The predicted octanol–water partition coefficient (Wildman–Crippen LogP) is 3.46. The molecule has 0 radical (unpaired) electrons. The van der Waals surface area contributed by atoms with Crippen LogP contribution in [0.3, 0.4) is 0 Å². The molecule has 0 spiro atoms. The first-order valence-corrected chi connectivity index (χ1v) is 9.64. The number of nitrogens with one attached hydrogen (secondary N) is 2. The van der Waals surface area contributed by atoms with Gasteiger partial charge in [0, 0.05) is 29.8 Å². The summed E-state index contributed by atoms with van der Waals surface area (Å²) in [6.45, 7) is 1.29. The van der Waals surface area contributed by atoms with Gasteiger partial charge in [0.1, 0.15) is 5.69 Å². The summed E-state index contributed by atoms with van der Waals surface area (Å²) in [5.41, 5.74) is 1.58. The van der Waals surface area contributed by atoms with Crippen LogP contribution >= 0.6 is 11.5 Å². The van der Waals surface area contributed by atoms with E-state index in [9.17, 15) is 9.59 Å². The zero-order chi connectivity index (χ0) is 18.6. The van der Waals surface area contributed by atoms with E-state index in [0.717, 1.165) is 29.5 Å². The van der Waals surface area contributed by atoms with Gasteiger partial charge in [0.25, 0.3) is 11.8 Å². The highest BCUT2D eigenvalue weighted by molar-refractivity contribution is 7.13. The number of carbonyl (C=O) groups is 2. The topological polar surface area (TPSA) is 80.3 Å². The van der Waals surface area contributed by atoms with Gasteiger partial charge in [-0.3, -0.25) is 9.59 Å². The summed E-state index contributed by atoms with van der Waals surface area (Å²) < 4.78 is 10.7. The lowest BCUT2D eigenvalue weighted by Crippen LogP contribution is -2.31. The SMILES string of the molecule is O=C(NC[C@@H]1CCCO1)c1ccc(NC(=O)c2nsc3ccccc23)cc1. The molecular weight excluding hydrogens is 362 g/mol. The van der Waals surface area contributed by atoms with Crippen molar-refractivity contribution in [3.8, 4) is 0 Å². The predicted molar refractivity (Wildman–Crippen MR) is 105 cm³/mol. The summed E-state index contributed by atoms with van der Waals surface area (Å²) in [4.78, 5) is 24.7. The Morgan fingerprint density at radius 2 is 1.93 bits per heavy atom. The van der Waals surface area contributed by atoms with Gasteiger partial charge < -0.3 is 15.4 Å². The molecule has 138 valence electrons. The Morgan fingerprint density at radius 1 is 1.11 bits per heavy atom. The van der Waals surface area contributed by atoms with Crippen LogP contribution in [-0.2, 0) is 4.74 Å². The first kappa shape index (κ1) is 17.6. The Labute approximate surface area is 160 Å². The summed E-state index contributed by atoms with van der Waals surface area (Å²) in [6, 6.07) is 14.4. The molecule has 1 aromatic heterocycles. The van der Waals surface area contributed by atoms with Gasteiger partial charge >= 0.3 is 0 Å². The van der Waals surface area contributed by atoms with Gasteiger partial charge in [0.2, 0.25) is 0 Å². The second kappa shape index (κ2) is 7.85. The minimum Gasteiger partial charge on any atom is -0.376 e. The van der Waals surface area contributed by atoms with Crippen LogP contribution in [0.2, 0.25) is 0 Å². The summed E-state index contributed by atoms with van der Waals surface area (Å²) in [6.07, 6.45) is 2.14.